The first kappa shape index (κ1) is 16.1. The summed E-state index contributed by atoms with van der Waals surface area (Å²) >= 11 is 1.23. The molecule has 0 saturated heterocycles. The van der Waals surface area contributed by atoms with Crippen LogP contribution in [0.2, 0.25) is 0 Å². The van der Waals surface area contributed by atoms with Gasteiger partial charge < -0.3 is 4.74 Å². The van der Waals surface area contributed by atoms with Crippen molar-refractivity contribution < 1.29 is 9.53 Å². The van der Waals surface area contributed by atoms with Gasteiger partial charge in [-0.05, 0) is 18.2 Å². The molecule has 8 nitrogen and oxygen atoms in total. The Hall–Kier alpha value is -2.81. The quantitative estimate of drug-likeness (QED) is 0.362. The number of nitrogens with zero attached hydrogens (tertiary/aromatic N) is 6. The lowest BCUT2D eigenvalue weighted by molar-refractivity contribution is -0.140. The molecule has 0 radical (unpaired) electrons. The minimum absolute atomic E-state index is 0.142. The molecule has 0 N–H and O–H groups in total. The van der Waals surface area contributed by atoms with Crippen molar-refractivity contribution in [3.05, 3.63) is 49.1 Å². The SMILES string of the molecule is O=C(CSc1nccc(-c2ccccn2)n1)OCCn1ccnn1. The Kier molecular flexibility index (Phi) is 5.46. The summed E-state index contributed by atoms with van der Waals surface area (Å²) in [5, 5.41) is 7.97. The molecule has 3 aromatic heterocycles. The van der Waals surface area contributed by atoms with Gasteiger partial charge in [0.05, 0.1) is 29.9 Å². The largest absolute Gasteiger partial charge is 0.463 e. The molecule has 0 spiro atoms. The molecule has 24 heavy (non-hydrogen) atoms. The van der Waals surface area contributed by atoms with E-state index >= 15 is 0 Å². The second kappa shape index (κ2) is 8.16. The maximum absolute atomic E-state index is 11.7. The highest BCUT2D eigenvalue weighted by Crippen LogP contribution is 2.18. The summed E-state index contributed by atoms with van der Waals surface area (Å²) in [7, 11) is 0. The Morgan fingerprint density at radius 3 is 2.88 bits per heavy atom. The number of carbonyl (C=O) groups is 1. The second-order valence-electron chi connectivity index (χ2n) is 4.61. The molecule has 3 heterocycles. The van der Waals surface area contributed by atoms with Crippen LogP contribution in [0.4, 0.5) is 0 Å². The molecule has 122 valence electrons. The highest BCUT2D eigenvalue weighted by atomic mass is 32.2. The summed E-state index contributed by atoms with van der Waals surface area (Å²) in [6, 6.07) is 7.39. The summed E-state index contributed by atoms with van der Waals surface area (Å²) in [6.45, 7) is 0.722. The first-order chi connectivity index (χ1) is 11.8. The van der Waals surface area contributed by atoms with E-state index in [1.165, 1.54) is 11.8 Å². The van der Waals surface area contributed by atoms with Crippen LogP contribution in [-0.4, -0.2) is 48.3 Å². The maximum atomic E-state index is 11.7. The highest BCUT2D eigenvalue weighted by Gasteiger charge is 2.08. The van der Waals surface area contributed by atoms with Crippen molar-refractivity contribution in [1.82, 2.24) is 29.9 Å². The molecule has 0 atom stereocenters. The third-order valence-corrected chi connectivity index (χ3v) is 3.77. The Bertz CT molecular complexity index is 782. The lowest BCUT2D eigenvalue weighted by atomic mass is 10.3. The third-order valence-electron chi connectivity index (χ3n) is 2.94. The topological polar surface area (TPSA) is 95.7 Å². The van der Waals surface area contributed by atoms with Crippen LogP contribution in [-0.2, 0) is 16.1 Å². The van der Waals surface area contributed by atoms with Crippen molar-refractivity contribution in [3.8, 4) is 11.4 Å². The van der Waals surface area contributed by atoms with E-state index in [0.717, 1.165) is 5.69 Å². The Labute approximate surface area is 142 Å². The van der Waals surface area contributed by atoms with Crippen LogP contribution in [0.5, 0.6) is 0 Å². The smallest absolute Gasteiger partial charge is 0.316 e. The van der Waals surface area contributed by atoms with E-state index in [0.29, 0.717) is 17.4 Å². The lowest BCUT2D eigenvalue weighted by Crippen LogP contribution is -2.13. The molecule has 0 aliphatic heterocycles. The van der Waals surface area contributed by atoms with Gasteiger partial charge in [0.15, 0.2) is 5.16 Å². The average molecular weight is 342 g/mol. The zero-order chi connectivity index (χ0) is 16.6. The third kappa shape index (κ3) is 4.59. The predicted octanol–water partition coefficient (Wildman–Crippen LogP) is 1.47. The van der Waals surface area contributed by atoms with Crippen LogP contribution in [0.25, 0.3) is 11.4 Å². The lowest BCUT2D eigenvalue weighted by Gasteiger charge is -2.05. The molecular formula is C15H14N6O2S. The van der Waals surface area contributed by atoms with Crippen molar-refractivity contribution in [2.75, 3.05) is 12.4 Å². The van der Waals surface area contributed by atoms with Crippen molar-refractivity contribution in [1.29, 1.82) is 0 Å². The predicted molar refractivity (Wildman–Crippen MR) is 87.0 cm³/mol. The fraction of sp³-hybridized carbons (Fsp3) is 0.200. The van der Waals surface area contributed by atoms with Crippen molar-refractivity contribution in [2.24, 2.45) is 0 Å². The van der Waals surface area contributed by atoms with Gasteiger partial charge in [-0.15, -0.1) is 5.10 Å². The number of esters is 1. The van der Waals surface area contributed by atoms with Gasteiger partial charge in [-0.25, -0.2) is 14.6 Å². The number of rotatable bonds is 7. The van der Waals surface area contributed by atoms with Gasteiger partial charge >= 0.3 is 5.97 Å². The molecule has 0 unspecified atom stereocenters. The molecule has 0 amide bonds. The number of aromatic nitrogens is 6. The van der Waals surface area contributed by atoms with E-state index in [2.05, 4.69) is 25.3 Å². The van der Waals surface area contributed by atoms with Crippen molar-refractivity contribution >= 4 is 17.7 Å². The molecular weight excluding hydrogens is 328 g/mol. The van der Waals surface area contributed by atoms with E-state index in [-0.39, 0.29) is 18.3 Å². The minimum Gasteiger partial charge on any atom is -0.463 e. The zero-order valence-corrected chi connectivity index (χ0v) is 13.5. The molecule has 0 bridgehead atoms. The average Bonchev–Trinajstić information content (AvgIpc) is 3.14. The van der Waals surface area contributed by atoms with Gasteiger partial charge in [0, 0.05) is 18.6 Å². The summed E-state index contributed by atoms with van der Waals surface area (Å²) in [6.07, 6.45) is 6.63. The molecule has 0 aliphatic rings. The Morgan fingerprint density at radius 1 is 1.12 bits per heavy atom. The van der Waals surface area contributed by atoms with Gasteiger partial charge in [-0.1, -0.05) is 23.0 Å². The Balaban J connectivity index is 1.48. The Morgan fingerprint density at radius 2 is 2.08 bits per heavy atom. The van der Waals surface area contributed by atoms with Gasteiger partial charge in [-0.2, -0.15) is 0 Å². The number of carbonyl (C=O) groups excluding carboxylic acids is 1. The van der Waals surface area contributed by atoms with Crippen LogP contribution in [0.3, 0.4) is 0 Å². The molecule has 3 rings (SSSR count). The first-order valence-electron chi connectivity index (χ1n) is 7.18. The fourth-order valence-electron chi connectivity index (χ4n) is 1.84. The molecule has 3 aromatic rings. The molecule has 0 saturated carbocycles. The van der Waals surface area contributed by atoms with Gasteiger partial charge in [0.2, 0.25) is 0 Å². The van der Waals surface area contributed by atoms with E-state index in [9.17, 15) is 4.79 Å². The van der Waals surface area contributed by atoms with Crippen LogP contribution in [0.15, 0.2) is 54.2 Å². The van der Waals surface area contributed by atoms with Crippen LogP contribution in [0, 0.1) is 0 Å². The molecule has 9 heteroatoms. The van der Waals surface area contributed by atoms with Crippen LogP contribution < -0.4 is 0 Å². The van der Waals surface area contributed by atoms with Crippen molar-refractivity contribution in [2.45, 2.75) is 11.7 Å². The number of pyridine rings is 1. The van der Waals surface area contributed by atoms with Crippen LogP contribution >= 0.6 is 11.8 Å². The number of hydrogen-bond donors (Lipinski definition) is 0. The monoisotopic (exact) mass is 342 g/mol. The highest BCUT2D eigenvalue weighted by molar-refractivity contribution is 7.99. The normalized spacial score (nSPS) is 10.5. The van der Waals surface area contributed by atoms with Gasteiger partial charge in [0.25, 0.3) is 0 Å². The van der Waals surface area contributed by atoms with Crippen LogP contribution in [0.1, 0.15) is 0 Å². The van der Waals surface area contributed by atoms with Gasteiger partial charge in [0.1, 0.15) is 6.61 Å². The summed E-state index contributed by atoms with van der Waals surface area (Å²) in [5.41, 5.74) is 1.48. The molecule has 0 fully saturated rings. The van der Waals surface area contributed by atoms with E-state index in [1.54, 1.807) is 35.5 Å². The minimum atomic E-state index is -0.327. The van der Waals surface area contributed by atoms with Gasteiger partial charge in [-0.3, -0.25) is 9.78 Å². The summed E-state index contributed by atoms with van der Waals surface area (Å²) in [4.78, 5) is 24.5. The maximum Gasteiger partial charge on any atom is 0.316 e. The number of ether oxygens (including phenoxy) is 1. The van der Waals surface area contributed by atoms with E-state index < -0.39 is 0 Å². The van der Waals surface area contributed by atoms with E-state index in [1.807, 2.05) is 18.2 Å². The first-order valence-corrected chi connectivity index (χ1v) is 8.17. The fourth-order valence-corrected chi connectivity index (χ4v) is 2.47. The molecule has 0 aliphatic carbocycles. The number of thioether (sulfide) groups is 1. The second-order valence-corrected chi connectivity index (χ2v) is 5.56. The van der Waals surface area contributed by atoms with Crippen molar-refractivity contribution in [3.63, 3.8) is 0 Å². The summed E-state index contributed by atoms with van der Waals surface area (Å²) in [5.74, 6) is -0.185. The molecule has 0 aromatic carbocycles. The standard InChI is InChI=1S/C15H14N6O2S/c22-14(23-10-9-21-8-7-18-20-21)11-24-15-17-6-4-13(19-15)12-3-1-2-5-16-12/h1-8H,9-11H2. The zero-order valence-electron chi connectivity index (χ0n) is 12.6. The number of hydrogen-bond acceptors (Lipinski definition) is 8. The summed E-state index contributed by atoms with van der Waals surface area (Å²) < 4.78 is 6.73. The van der Waals surface area contributed by atoms with E-state index in [4.69, 9.17) is 4.74 Å².